The lowest BCUT2D eigenvalue weighted by atomic mass is 9.95. The normalized spacial score (nSPS) is 18.5. The van der Waals surface area contributed by atoms with Crippen molar-refractivity contribution < 1.29 is 4.79 Å². The van der Waals surface area contributed by atoms with Crippen LogP contribution in [-0.4, -0.2) is 27.7 Å². The number of H-pyrrole nitrogens is 1. The van der Waals surface area contributed by atoms with E-state index >= 15 is 0 Å². The van der Waals surface area contributed by atoms with E-state index < -0.39 is 0 Å². The molecule has 2 amide bonds. The van der Waals surface area contributed by atoms with Crippen molar-refractivity contribution in [2.24, 2.45) is 0 Å². The van der Waals surface area contributed by atoms with Crippen LogP contribution >= 0.6 is 0 Å². The number of benzene rings is 1. The number of hydrogen-bond donors (Lipinski definition) is 2. The lowest BCUT2D eigenvalue weighted by Crippen LogP contribution is -2.41. The minimum Gasteiger partial charge on any atom is -0.317 e. The molecule has 5 nitrogen and oxygen atoms in total. The molecule has 21 heavy (non-hydrogen) atoms. The quantitative estimate of drug-likeness (QED) is 0.887. The molecule has 0 bridgehead atoms. The number of carbonyl (C=O) groups is 1. The molecular formula is C16H20N4O. The SMILES string of the molecule is Cc1ccc([C@@H]2CCCCN2C(=O)Nc2cn[nH]c2)cc1. The standard InChI is InChI=1S/C16H20N4O/c1-12-5-7-13(8-6-12)15-4-2-3-9-20(15)16(21)19-14-10-17-18-11-14/h5-8,10-11,15H,2-4,9H2,1H3,(H,17,18)(H,19,21)/t15-/m0/s1. The van der Waals surface area contributed by atoms with E-state index in [0.717, 1.165) is 25.8 Å². The molecule has 1 atom stereocenters. The molecule has 110 valence electrons. The van der Waals surface area contributed by atoms with Crippen LogP contribution in [0.3, 0.4) is 0 Å². The highest BCUT2D eigenvalue weighted by atomic mass is 16.2. The van der Waals surface area contributed by atoms with E-state index in [9.17, 15) is 4.79 Å². The van der Waals surface area contributed by atoms with Gasteiger partial charge in [-0.25, -0.2) is 4.79 Å². The third-order valence-corrected chi connectivity index (χ3v) is 3.98. The maximum absolute atomic E-state index is 12.5. The lowest BCUT2D eigenvalue weighted by Gasteiger charge is -2.36. The Bertz CT molecular complexity index is 591. The lowest BCUT2D eigenvalue weighted by molar-refractivity contribution is 0.163. The van der Waals surface area contributed by atoms with E-state index in [0.29, 0.717) is 5.69 Å². The minimum absolute atomic E-state index is 0.0540. The number of urea groups is 1. The van der Waals surface area contributed by atoms with Gasteiger partial charge >= 0.3 is 6.03 Å². The summed E-state index contributed by atoms with van der Waals surface area (Å²) in [6.07, 6.45) is 6.53. The summed E-state index contributed by atoms with van der Waals surface area (Å²) in [5, 5.41) is 9.45. The van der Waals surface area contributed by atoms with Crippen LogP contribution < -0.4 is 5.32 Å². The largest absolute Gasteiger partial charge is 0.322 e. The van der Waals surface area contributed by atoms with Gasteiger partial charge in [-0.2, -0.15) is 5.10 Å². The van der Waals surface area contributed by atoms with Gasteiger partial charge in [-0.3, -0.25) is 5.10 Å². The Morgan fingerprint density at radius 3 is 2.86 bits per heavy atom. The van der Waals surface area contributed by atoms with Gasteiger partial charge in [0.1, 0.15) is 0 Å². The smallest absolute Gasteiger partial charge is 0.317 e. The fourth-order valence-corrected chi connectivity index (χ4v) is 2.82. The first-order valence-corrected chi connectivity index (χ1v) is 7.37. The van der Waals surface area contributed by atoms with Crippen molar-refractivity contribution in [3.63, 3.8) is 0 Å². The van der Waals surface area contributed by atoms with Crippen LogP contribution in [0.5, 0.6) is 0 Å². The minimum atomic E-state index is -0.0540. The molecule has 0 saturated carbocycles. The van der Waals surface area contributed by atoms with E-state index in [1.54, 1.807) is 12.4 Å². The van der Waals surface area contributed by atoms with Gasteiger partial charge in [0.05, 0.1) is 17.9 Å². The second kappa shape index (κ2) is 5.99. The van der Waals surface area contributed by atoms with Crippen molar-refractivity contribution in [1.29, 1.82) is 0 Å². The van der Waals surface area contributed by atoms with Gasteiger partial charge in [0.25, 0.3) is 0 Å². The average molecular weight is 284 g/mol. The summed E-state index contributed by atoms with van der Waals surface area (Å²) in [6.45, 7) is 2.87. The number of aromatic amines is 1. The Labute approximate surface area is 124 Å². The highest BCUT2D eigenvalue weighted by Gasteiger charge is 2.28. The molecule has 1 aliphatic heterocycles. The second-order valence-electron chi connectivity index (χ2n) is 5.53. The Hall–Kier alpha value is -2.30. The number of likely N-dealkylation sites (tertiary alicyclic amines) is 1. The van der Waals surface area contributed by atoms with Crippen LogP contribution in [0.4, 0.5) is 10.5 Å². The summed E-state index contributed by atoms with van der Waals surface area (Å²) in [7, 11) is 0. The van der Waals surface area contributed by atoms with Crippen LogP contribution in [-0.2, 0) is 0 Å². The van der Waals surface area contributed by atoms with E-state index in [1.807, 2.05) is 4.90 Å². The molecule has 0 radical (unpaired) electrons. The predicted octanol–water partition coefficient (Wildman–Crippen LogP) is 3.48. The molecule has 1 saturated heterocycles. The summed E-state index contributed by atoms with van der Waals surface area (Å²) < 4.78 is 0. The summed E-state index contributed by atoms with van der Waals surface area (Å²) >= 11 is 0. The predicted molar refractivity (Wildman–Crippen MR) is 82.1 cm³/mol. The third-order valence-electron chi connectivity index (χ3n) is 3.98. The first kappa shape index (κ1) is 13.7. The third kappa shape index (κ3) is 3.07. The Balaban J connectivity index is 1.77. The molecule has 1 aromatic carbocycles. The number of nitrogens with one attached hydrogen (secondary N) is 2. The summed E-state index contributed by atoms with van der Waals surface area (Å²) in [5.41, 5.74) is 3.15. The fourth-order valence-electron chi connectivity index (χ4n) is 2.82. The van der Waals surface area contributed by atoms with Crippen molar-refractivity contribution in [2.45, 2.75) is 32.2 Å². The number of piperidine rings is 1. The molecule has 5 heteroatoms. The topological polar surface area (TPSA) is 61.0 Å². The van der Waals surface area contributed by atoms with Gasteiger partial charge in [-0.15, -0.1) is 0 Å². The van der Waals surface area contributed by atoms with Crippen LogP contribution in [0.15, 0.2) is 36.7 Å². The number of anilines is 1. The van der Waals surface area contributed by atoms with Crippen LogP contribution in [0.25, 0.3) is 0 Å². The Morgan fingerprint density at radius 2 is 2.14 bits per heavy atom. The average Bonchev–Trinajstić information content (AvgIpc) is 3.01. The number of rotatable bonds is 2. The van der Waals surface area contributed by atoms with Crippen molar-refractivity contribution in [3.05, 3.63) is 47.8 Å². The Morgan fingerprint density at radius 1 is 1.33 bits per heavy atom. The van der Waals surface area contributed by atoms with E-state index in [1.165, 1.54) is 11.1 Å². The van der Waals surface area contributed by atoms with Gasteiger partial charge < -0.3 is 10.2 Å². The molecule has 2 N–H and O–H groups in total. The molecule has 1 aliphatic rings. The number of amides is 2. The molecule has 2 heterocycles. The first-order chi connectivity index (χ1) is 10.2. The van der Waals surface area contributed by atoms with Gasteiger partial charge in [0.2, 0.25) is 0 Å². The molecular weight excluding hydrogens is 264 g/mol. The summed E-state index contributed by atoms with van der Waals surface area (Å²) in [6, 6.07) is 8.58. The number of aryl methyl sites for hydroxylation is 1. The van der Waals surface area contributed by atoms with Crippen molar-refractivity contribution in [1.82, 2.24) is 15.1 Å². The molecule has 0 aliphatic carbocycles. The maximum Gasteiger partial charge on any atom is 0.322 e. The number of aromatic nitrogens is 2. The van der Waals surface area contributed by atoms with Crippen LogP contribution in [0.2, 0.25) is 0 Å². The molecule has 3 rings (SSSR count). The highest BCUT2D eigenvalue weighted by Crippen LogP contribution is 2.31. The van der Waals surface area contributed by atoms with Gasteiger partial charge in [0, 0.05) is 12.7 Å². The number of hydrogen-bond acceptors (Lipinski definition) is 2. The van der Waals surface area contributed by atoms with Crippen molar-refractivity contribution in [2.75, 3.05) is 11.9 Å². The van der Waals surface area contributed by atoms with E-state index in [2.05, 4.69) is 46.7 Å². The van der Waals surface area contributed by atoms with Crippen LogP contribution in [0.1, 0.15) is 36.4 Å². The molecule has 2 aromatic rings. The number of carbonyl (C=O) groups excluding carboxylic acids is 1. The van der Waals surface area contributed by atoms with E-state index in [4.69, 9.17) is 0 Å². The molecule has 1 aromatic heterocycles. The first-order valence-electron chi connectivity index (χ1n) is 7.37. The van der Waals surface area contributed by atoms with Crippen molar-refractivity contribution >= 4 is 11.7 Å². The number of nitrogens with zero attached hydrogens (tertiary/aromatic N) is 2. The molecule has 0 spiro atoms. The molecule has 0 unspecified atom stereocenters. The zero-order chi connectivity index (χ0) is 14.7. The zero-order valence-electron chi connectivity index (χ0n) is 12.2. The maximum atomic E-state index is 12.5. The van der Waals surface area contributed by atoms with Gasteiger partial charge in [-0.05, 0) is 31.7 Å². The van der Waals surface area contributed by atoms with E-state index in [-0.39, 0.29) is 12.1 Å². The summed E-state index contributed by atoms with van der Waals surface area (Å²) in [5.74, 6) is 0. The Kier molecular flexibility index (Phi) is 3.90. The van der Waals surface area contributed by atoms with Crippen LogP contribution in [0, 0.1) is 6.92 Å². The van der Waals surface area contributed by atoms with Crippen molar-refractivity contribution in [3.8, 4) is 0 Å². The van der Waals surface area contributed by atoms with Gasteiger partial charge in [-0.1, -0.05) is 29.8 Å². The second-order valence-corrected chi connectivity index (χ2v) is 5.53. The van der Waals surface area contributed by atoms with Gasteiger partial charge in [0.15, 0.2) is 0 Å². The highest BCUT2D eigenvalue weighted by molar-refractivity contribution is 5.89. The molecule has 1 fully saturated rings. The fraction of sp³-hybridized carbons (Fsp3) is 0.375. The summed E-state index contributed by atoms with van der Waals surface area (Å²) in [4.78, 5) is 14.4. The zero-order valence-corrected chi connectivity index (χ0v) is 12.2. The monoisotopic (exact) mass is 284 g/mol.